The Kier molecular flexibility index (Phi) is 6.01. The summed E-state index contributed by atoms with van der Waals surface area (Å²) in [6, 6.07) is 7.90. The number of pyridine rings is 1. The van der Waals surface area contributed by atoms with E-state index < -0.39 is 5.54 Å². The average molecular weight is 477 g/mol. The lowest BCUT2D eigenvalue weighted by Crippen LogP contribution is -2.55. The number of imidazole rings is 1. The Balaban J connectivity index is 1.70. The Morgan fingerprint density at radius 3 is 2.71 bits per heavy atom. The molecular formula is C27H32N4O4. The monoisotopic (exact) mass is 476 g/mol. The second-order valence-corrected chi connectivity index (χ2v) is 9.93. The first-order valence-electron chi connectivity index (χ1n) is 12.1. The maximum Gasteiger partial charge on any atom is 0.274 e. The van der Waals surface area contributed by atoms with Crippen LogP contribution in [0.1, 0.15) is 49.4 Å². The van der Waals surface area contributed by atoms with E-state index in [1.54, 1.807) is 19.5 Å². The Morgan fingerprint density at radius 1 is 1.20 bits per heavy atom. The lowest BCUT2D eigenvalue weighted by Gasteiger charge is -2.41. The van der Waals surface area contributed by atoms with Gasteiger partial charge in [-0.2, -0.15) is 0 Å². The number of fused-ring (bicyclic) bond motifs is 3. The minimum Gasteiger partial charge on any atom is -0.493 e. The third kappa shape index (κ3) is 4.16. The van der Waals surface area contributed by atoms with Gasteiger partial charge < -0.3 is 19.1 Å². The lowest BCUT2D eigenvalue weighted by atomic mass is 9.98. The van der Waals surface area contributed by atoms with Gasteiger partial charge in [-0.25, -0.2) is 4.98 Å². The molecule has 1 aromatic carbocycles. The van der Waals surface area contributed by atoms with Gasteiger partial charge >= 0.3 is 0 Å². The van der Waals surface area contributed by atoms with Crippen LogP contribution < -0.4 is 9.47 Å². The molecule has 2 aliphatic heterocycles. The van der Waals surface area contributed by atoms with Crippen molar-refractivity contribution < 1.29 is 19.0 Å². The van der Waals surface area contributed by atoms with Crippen molar-refractivity contribution in [1.82, 2.24) is 19.4 Å². The van der Waals surface area contributed by atoms with E-state index >= 15 is 0 Å². The van der Waals surface area contributed by atoms with Crippen LogP contribution in [0.4, 0.5) is 0 Å². The van der Waals surface area contributed by atoms with E-state index in [1.165, 1.54) is 0 Å². The Hall–Kier alpha value is -3.39. The first-order chi connectivity index (χ1) is 16.8. The molecule has 3 aromatic rings. The number of carbonyl (C=O) groups excluding carboxylic acids is 1. The summed E-state index contributed by atoms with van der Waals surface area (Å²) < 4.78 is 19.5. The topological polar surface area (TPSA) is 78.7 Å². The molecule has 0 unspecified atom stereocenters. The summed E-state index contributed by atoms with van der Waals surface area (Å²) in [6.07, 6.45) is 4.98. The predicted molar refractivity (Wildman–Crippen MR) is 132 cm³/mol. The molecule has 35 heavy (non-hydrogen) atoms. The van der Waals surface area contributed by atoms with Gasteiger partial charge in [-0.15, -0.1) is 0 Å². The molecule has 0 N–H and O–H groups in total. The largest absolute Gasteiger partial charge is 0.493 e. The fraction of sp³-hybridized carbons (Fsp3) is 0.444. The molecule has 1 fully saturated rings. The highest BCUT2D eigenvalue weighted by Crippen LogP contribution is 2.40. The van der Waals surface area contributed by atoms with Crippen molar-refractivity contribution in [3.63, 3.8) is 0 Å². The minimum atomic E-state index is -0.404. The van der Waals surface area contributed by atoms with Crippen molar-refractivity contribution in [2.45, 2.75) is 52.2 Å². The van der Waals surface area contributed by atoms with Crippen molar-refractivity contribution in [2.75, 3.05) is 26.9 Å². The standard InChI is InChI=1S/C27H32N4O4/c1-17(2)35-23-14-21-18(13-22(23)33-5)8-9-20-24(26(32)30-11-12-34-16-27(30,3)4)29-25(31(20)21)19-7-6-10-28-15-19/h6-7,10,13-15,17H,8-9,11-12,16H2,1-5H3. The SMILES string of the molecule is COc1cc2c(cc1OC(C)C)-n1c(-c3cccnc3)nc(C(=O)N3CCOCC3(C)C)c1CC2. The van der Waals surface area contributed by atoms with Gasteiger partial charge in [-0.05, 0) is 64.3 Å². The van der Waals surface area contributed by atoms with E-state index in [-0.39, 0.29) is 12.0 Å². The van der Waals surface area contributed by atoms with E-state index in [2.05, 4.69) is 9.55 Å². The summed E-state index contributed by atoms with van der Waals surface area (Å²) in [4.78, 5) is 25.0. The van der Waals surface area contributed by atoms with Crippen molar-refractivity contribution in [3.8, 4) is 28.6 Å². The van der Waals surface area contributed by atoms with Gasteiger partial charge in [0, 0.05) is 30.6 Å². The molecule has 0 atom stereocenters. The molecule has 0 saturated carbocycles. The molecule has 0 bridgehead atoms. The van der Waals surface area contributed by atoms with Crippen LogP contribution in [0.25, 0.3) is 17.1 Å². The predicted octanol–water partition coefficient (Wildman–Crippen LogP) is 4.08. The highest BCUT2D eigenvalue weighted by molar-refractivity contribution is 5.95. The van der Waals surface area contributed by atoms with E-state index in [9.17, 15) is 4.79 Å². The molecular weight excluding hydrogens is 444 g/mol. The molecule has 8 nitrogen and oxygen atoms in total. The van der Waals surface area contributed by atoms with Crippen LogP contribution in [-0.4, -0.2) is 63.9 Å². The third-order valence-corrected chi connectivity index (χ3v) is 6.59. The second kappa shape index (κ2) is 9.00. The summed E-state index contributed by atoms with van der Waals surface area (Å²) in [5.74, 6) is 2.01. The zero-order chi connectivity index (χ0) is 24.7. The molecule has 0 spiro atoms. The summed E-state index contributed by atoms with van der Waals surface area (Å²) in [5, 5.41) is 0. The van der Waals surface area contributed by atoms with Crippen LogP contribution in [0.5, 0.6) is 11.5 Å². The van der Waals surface area contributed by atoms with Crippen LogP contribution in [0.3, 0.4) is 0 Å². The number of amides is 1. The maximum atomic E-state index is 13.9. The van der Waals surface area contributed by atoms with Gasteiger partial charge in [0.25, 0.3) is 5.91 Å². The van der Waals surface area contributed by atoms with Crippen LogP contribution in [0.2, 0.25) is 0 Å². The van der Waals surface area contributed by atoms with E-state index in [0.29, 0.717) is 49.2 Å². The number of aryl methyl sites for hydroxylation is 1. The van der Waals surface area contributed by atoms with Gasteiger partial charge in [0.2, 0.25) is 0 Å². The number of methoxy groups -OCH3 is 1. The number of nitrogens with zero attached hydrogens (tertiary/aromatic N) is 4. The molecule has 0 radical (unpaired) electrons. The molecule has 1 saturated heterocycles. The number of ether oxygens (including phenoxy) is 3. The molecule has 4 heterocycles. The zero-order valence-corrected chi connectivity index (χ0v) is 21.0. The third-order valence-electron chi connectivity index (χ3n) is 6.59. The Labute approximate surface area is 205 Å². The number of hydrogen-bond donors (Lipinski definition) is 0. The fourth-order valence-electron chi connectivity index (χ4n) is 4.92. The average Bonchev–Trinajstić information content (AvgIpc) is 3.23. The van der Waals surface area contributed by atoms with Gasteiger partial charge in [0.05, 0.1) is 43.3 Å². The Morgan fingerprint density at radius 2 is 2.03 bits per heavy atom. The van der Waals surface area contributed by atoms with Crippen molar-refractivity contribution in [3.05, 3.63) is 53.6 Å². The smallest absolute Gasteiger partial charge is 0.274 e. The van der Waals surface area contributed by atoms with E-state index in [0.717, 1.165) is 28.9 Å². The molecule has 184 valence electrons. The maximum absolute atomic E-state index is 13.9. The van der Waals surface area contributed by atoms with Crippen molar-refractivity contribution in [1.29, 1.82) is 0 Å². The van der Waals surface area contributed by atoms with Gasteiger partial charge in [0.15, 0.2) is 17.2 Å². The van der Waals surface area contributed by atoms with Crippen LogP contribution in [-0.2, 0) is 17.6 Å². The molecule has 2 aromatic heterocycles. The molecule has 8 heteroatoms. The zero-order valence-electron chi connectivity index (χ0n) is 21.0. The first-order valence-corrected chi connectivity index (χ1v) is 12.1. The lowest BCUT2D eigenvalue weighted by molar-refractivity contribution is -0.0373. The van der Waals surface area contributed by atoms with Gasteiger partial charge in [-0.3, -0.25) is 14.3 Å². The fourth-order valence-corrected chi connectivity index (χ4v) is 4.92. The molecule has 5 rings (SSSR count). The summed E-state index contributed by atoms with van der Waals surface area (Å²) >= 11 is 0. The van der Waals surface area contributed by atoms with Crippen molar-refractivity contribution in [2.24, 2.45) is 0 Å². The van der Waals surface area contributed by atoms with Crippen LogP contribution >= 0.6 is 0 Å². The highest BCUT2D eigenvalue weighted by atomic mass is 16.5. The number of rotatable bonds is 5. The number of morpholine rings is 1. The summed E-state index contributed by atoms with van der Waals surface area (Å²) in [5.41, 5.74) is 3.92. The van der Waals surface area contributed by atoms with Gasteiger partial charge in [-0.1, -0.05) is 0 Å². The second-order valence-electron chi connectivity index (χ2n) is 9.93. The van der Waals surface area contributed by atoms with Crippen LogP contribution in [0, 0.1) is 0 Å². The van der Waals surface area contributed by atoms with E-state index in [4.69, 9.17) is 19.2 Å². The quantitative estimate of drug-likeness (QED) is 0.552. The number of aromatic nitrogens is 3. The minimum absolute atomic E-state index is 0.00807. The van der Waals surface area contributed by atoms with Crippen molar-refractivity contribution >= 4 is 5.91 Å². The van der Waals surface area contributed by atoms with Gasteiger partial charge in [0.1, 0.15) is 5.82 Å². The number of benzene rings is 1. The molecule has 1 amide bonds. The number of hydrogen-bond acceptors (Lipinski definition) is 6. The van der Waals surface area contributed by atoms with Crippen LogP contribution in [0.15, 0.2) is 36.7 Å². The molecule has 2 aliphatic rings. The highest BCUT2D eigenvalue weighted by Gasteiger charge is 2.38. The molecule has 0 aliphatic carbocycles. The number of carbonyl (C=O) groups is 1. The normalized spacial score (nSPS) is 16.6. The Bertz CT molecular complexity index is 1250. The van der Waals surface area contributed by atoms with E-state index in [1.807, 2.05) is 56.9 Å². The summed E-state index contributed by atoms with van der Waals surface area (Å²) in [7, 11) is 1.66. The first kappa shape index (κ1) is 23.4. The summed E-state index contributed by atoms with van der Waals surface area (Å²) in [6.45, 7) is 9.62.